The molecule has 4 rings (SSSR count). The van der Waals surface area contributed by atoms with Gasteiger partial charge in [-0.1, -0.05) is 30.3 Å². The summed E-state index contributed by atoms with van der Waals surface area (Å²) in [5.74, 6) is 0.0819. The Labute approximate surface area is 164 Å². The molecule has 1 unspecified atom stereocenters. The largest absolute Gasteiger partial charge is 0.493 e. The third kappa shape index (κ3) is 3.46. The van der Waals surface area contributed by atoms with Crippen LogP contribution in [0.25, 0.3) is 11.3 Å². The number of nitrogens with zero attached hydrogens (tertiary/aromatic N) is 3. The van der Waals surface area contributed by atoms with Gasteiger partial charge in [0.2, 0.25) is 11.1 Å². The summed E-state index contributed by atoms with van der Waals surface area (Å²) in [5.41, 5.74) is 0.927. The zero-order valence-electron chi connectivity index (χ0n) is 14.4. The van der Waals surface area contributed by atoms with Gasteiger partial charge in [-0.25, -0.2) is 9.37 Å². The van der Waals surface area contributed by atoms with Crippen molar-refractivity contribution in [2.75, 3.05) is 11.9 Å². The molecular formula is C19H14ClFN4O3. The van der Waals surface area contributed by atoms with Gasteiger partial charge < -0.3 is 10.1 Å². The van der Waals surface area contributed by atoms with Crippen LogP contribution in [0.5, 0.6) is 5.75 Å². The van der Waals surface area contributed by atoms with Crippen LogP contribution in [0, 0.1) is 15.9 Å². The molecule has 0 amide bonds. The first kappa shape index (κ1) is 18.1. The Bertz CT molecular complexity index is 1050. The third-order valence-electron chi connectivity index (χ3n) is 4.41. The van der Waals surface area contributed by atoms with E-state index in [0.717, 1.165) is 0 Å². The highest BCUT2D eigenvalue weighted by atomic mass is 35.5. The van der Waals surface area contributed by atoms with Gasteiger partial charge in [-0.3, -0.25) is 10.1 Å². The molecule has 2 heterocycles. The van der Waals surface area contributed by atoms with Gasteiger partial charge in [0.25, 0.3) is 0 Å². The van der Waals surface area contributed by atoms with Crippen molar-refractivity contribution in [2.24, 2.45) is 0 Å². The molecule has 1 aliphatic rings. The van der Waals surface area contributed by atoms with Gasteiger partial charge in [0, 0.05) is 17.5 Å². The van der Waals surface area contributed by atoms with Crippen LogP contribution in [0.15, 0.2) is 48.5 Å². The van der Waals surface area contributed by atoms with Crippen molar-refractivity contribution in [1.82, 2.24) is 9.97 Å². The van der Waals surface area contributed by atoms with Gasteiger partial charge in [-0.05, 0) is 29.8 Å². The van der Waals surface area contributed by atoms with E-state index in [4.69, 9.17) is 16.3 Å². The molecule has 0 bridgehead atoms. The monoisotopic (exact) mass is 400 g/mol. The molecule has 3 aromatic rings. The average molecular weight is 401 g/mol. The number of benzene rings is 2. The lowest BCUT2D eigenvalue weighted by Gasteiger charge is -2.27. The van der Waals surface area contributed by atoms with E-state index in [2.05, 4.69) is 15.3 Å². The zero-order valence-corrected chi connectivity index (χ0v) is 15.2. The van der Waals surface area contributed by atoms with Crippen molar-refractivity contribution in [3.05, 3.63) is 75.3 Å². The van der Waals surface area contributed by atoms with Crippen molar-refractivity contribution in [3.8, 4) is 17.0 Å². The van der Waals surface area contributed by atoms with Crippen molar-refractivity contribution in [2.45, 2.75) is 12.5 Å². The second kappa shape index (κ2) is 7.40. The van der Waals surface area contributed by atoms with Crippen LogP contribution in [-0.4, -0.2) is 21.5 Å². The van der Waals surface area contributed by atoms with Gasteiger partial charge in [0.15, 0.2) is 5.69 Å². The molecule has 0 spiro atoms. The molecule has 0 saturated heterocycles. The Morgan fingerprint density at radius 3 is 2.75 bits per heavy atom. The predicted molar refractivity (Wildman–Crippen MR) is 102 cm³/mol. The number of hydrogen-bond donors (Lipinski definition) is 1. The maximum Gasteiger partial charge on any atom is 0.337 e. The SMILES string of the molecule is O=[N+]([O-])c1c(NC2CCOc3ccc(F)cc32)nc(Cl)nc1-c1ccccc1. The predicted octanol–water partition coefficient (Wildman–Crippen LogP) is 4.78. The fourth-order valence-electron chi connectivity index (χ4n) is 3.18. The second-order valence-corrected chi connectivity index (χ2v) is 6.52. The Balaban J connectivity index is 1.80. The van der Waals surface area contributed by atoms with Crippen molar-refractivity contribution in [3.63, 3.8) is 0 Å². The van der Waals surface area contributed by atoms with Crippen LogP contribution in [0.1, 0.15) is 18.0 Å². The summed E-state index contributed by atoms with van der Waals surface area (Å²) in [6, 6.07) is 12.5. The summed E-state index contributed by atoms with van der Waals surface area (Å²) in [7, 11) is 0. The molecule has 1 aliphatic heterocycles. The first-order chi connectivity index (χ1) is 13.5. The third-order valence-corrected chi connectivity index (χ3v) is 4.58. The fourth-order valence-corrected chi connectivity index (χ4v) is 3.35. The lowest BCUT2D eigenvalue weighted by molar-refractivity contribution is -0.383. The lowest BCUT2D eigenvalue weighted by Crippen LogP contribution is -2.22. The Morgan fingerprint density at radius 1 is 1.21 bits per heavy atom. The molecule has 28 heavy (non-hydrogen) atoms. The number of aromatic nitrogens is 2. The first-order valence-electron chi connectivity index (χ1n) is 8.49. The van der Waals surface area contributed by atoms with Gasteiger partial charge in [0.05, 0.1) is 17.6 Å². The van der Waals surface area contributed by atoms with Crippen LogP contribution in [0.3, 0.4) is 0 Å². The quantitative estimate of drug-likeness (QED) is 0.385. The summed E-state index contributed by atoms with van der Waals surface area (Å²) in [4.78, 5) is 19.4. The Hall–Kier alpha value is -3.26. The maximum absolute atomic E-state index is 13.7. The second-order valence-electron chi connectivity index (χ2n) is 6.18. The van der Waals surface area contributed by atoms with Crippen molar-refractivity contribution in [1.29, 1.82) is 0 Å². The van der Waals surface area contributed by atoms with Gasteiger partial charge in [-0.2, -0.15) is 4.98 Å². The number of anilines is 1. The summed E-state index contributed by atoms with van der Waals surface area (Å²) in [5, 5.41) is 14.7. The molecule has 1 aromatic heterocycles. The van der Waals surface area contributed by atoms with Crippen LogP contribution in [-0.2, 0) is 0 Å². The average Bonchev–Trinajstić information content (AvgIpc) is 2.68. The maximum atomic E-state index is 13.7. The minimum absolute atomic E-state index is 0.0223. The normalized spacial score (nSPS) is 15.4. The number of hydrogen-bond acceptors (Lipinski definition) is 6. The van der Waals surface area contributed by atoms with Crippen molar-refractivity contribution < 1.29 is 14.1 Å². The summed E-state index contributed by atoms with van der Waals surface area (Å²) in [6.07, 6.45) is 0.482. The van der Waals surface area contributed by atoms with E-state index in [1.54, 1.807) is 30.3 Å². The molecule has 0 radical (unpaired) electrons. The van der Waals surface area contributed by atoms with E-state index < -0.39 is 16.8 Å². The van der Waals surface area contributed by atoms with Crippen LogP contribution >= 0.6 is 11.6 Å². The summed E-state index contributed by atoms with van der Waals surface area (Å²) >= 11 is 6.05. The minimum Gasteiger partial charge on any atom is -0.493 e. The first-order valence-corrected chi connectivity index (χ1v) is 8.87. The van der Waals surface area contributed by atoms with E-state index in [1.165, 1.54) is 18.2 Å². The van der Waals surface area contributed by atoms with Gasteiger partial charge in [-0.15, -0.1) is 0 Å². The van der Waals surface area contributed by atoms with E-state index in [0.29, 0.717) is 29.9 Å². The molecule has 1 N–H and O–H groups in total. The Morgan fingerprint density at radius 2 is 2.00 bits per heavy atom. The van der Waals surface area contributed by atoms with Crippen molar-refractivity contribution >= 4 is 23.1 Å². The summed E-state index contributed by atoms with van der Waals surface area (Å²) in [6.45, 7) is 0.383. The highest BCUT2D eigenvalue weighted by molar-refractivity contribution is 6.28. The molecule has 0 aliphatic carbocycles. The highest BCUT2D eigenvalue weighted by Gasteiger charge is 2.29. The van der Waals surface area contributed by atoms with Crippen LogP contribution < -0.4 is 10.1 Å². The number of ether oxygens (including phenoxy) is 1. The van der Waals surface area contributed by atoms with E-state index in [9.17, 15) is 14.5 Å². The standard InChI is InChI=1S/C19H14ClFN4O3/c20-19-23-16(11-4-2-1-3-5-11)17(25(26)27)18(24-19)22-14-8-9-28-15-7-6-12(21)10-13(14)15/h1-7,10,14H,8-9H2,(H,22,23,24). The molecule has 1 atom stereocenters. The molecule has 0 saturated carbocycles. The van der Waals surface area contributed by atoms with E-state index in [1.807, 2.05) is 0 Å². The molecule has 2 aromatic carbocycles. The van der Waals surface area contributed by atoms with E-state index in [-0.39, 0.29) is 22.5 Å². The van der Waals surface area contributed by atoms with Gasteiger partial charge in [0.1, 0.15) is 11.6 Å². The zero-order chi connectivity index (χ0) is 19.7. The highest BCUT2D eigenvalue weighted by Crippen LogP contribution is 2.39. The Kier molecular flexibility index (Phi) is 4.79. The molecule has 7 nitrogen and oxygen atoms in total. The number of nitro groups is 1. The number of halogens is 2. The topological polar surface area (TPSA) is 90.2 Å². The fraction of sp³-hybridized carbons (Fsp3) is 0.158. The smallest absolute Gasteiger partial charge is 0.337 e. The van der Waals surface area contributed by atoms with Crippen LogP contribution in [0.2, 0.25) is 5.28 Å². The van der Waals surface area contributed by atoms with Gasteiger partial charge >= 0.3 is 5.69 Å². The number of fused-ring (bicyclic) bond motifs is 1. The minimum atomic E-state index is -0.549. The lowest BCUT2D eigenvalue weighted by atomic mass is 10.00. The number of rotatable bonds is 4. The molecule has 142 valence electrons. The van der Waals surface area contributed by atoms with Crippen LogP contribution in [0.4, 0.5) is 15.9 Å². The molecule has 9 heteroatoms. The molecule has 0 fully saturated rings. The summed E-state index contributed by atoms with van der Waals surface area (Å²) < 4.78 is 19.3. The van der Waals surface area contributed by atoms with E-state index >= 15 is 0 Å². The molecular weight excluding hydrogens is 387 g/mol. The number of nitrogens with one attached hydrogen (secondary N) is 1.